The first-order valence-electron chi connectivity index (χ1n) is 6.57. The van der Waals surface area contributed by atoms with Gasteiger partial charge in [0.25, 0.3) is 0 Å². The topological polar surface area (TPSA) is 47.0 Å². The molecule has 1 aromatic carbocycles. The van der Waals surface area contributed by atoms with E-state index in [2.05, 4.69) is 38.1 Å². The molecule has 1 N–H and O–H groups in total. The molecule has 0 spiro atoms. The predicted octanol–water partition coefficient (Wildman–Crippen LogP) is 4.25. The molecule has 0 aliphatic carbocycles. The summed E-state index contributed by atoms with van der Waals surface area (Å²) in [4.78, 5) is 8.86. The minimum absolute atomic E-state index is 0.792. The van der Waals surface area contributed by atoms with E-state index in [1.807, 2.05) is 31.2 Å². The van der Waals surface area contributed by atoms with Gasteiger partial charge in [-0.3, -0.25) is 0 Å². The van der Waals surface area contributed by atoms with Crippen molar-refractivity contribution in [3.8, 4) is 5.75 Å². The molecule has 5 heteroatoms. The number of methoxy groups -OCH3 is 1. The zero-order valence-electron chi connectivity index (χ0n) is 11.9. The number of aromatic nitrogens is 2. The van der Waals surface area contributed by atoms with E-state index in [1.54, 1.807) is 7.11 Å². The Labute approximate surface area is 127 Å². The van der Waals surface area contributed by atoms with Crippen LogP contribution in [0.3, 0.4) is 0 Å². The molecule has 4 nitrogen and oxygen atoms in total. The van der Waals surface area contributed by atoms with Crippen LogP contribution in [0, 0.1) is 6.92 Å². The van der Waals surface area contributed by atoms with Crippen LogP contribution in [0.4, 0.5) is 11.5 Å². The zero-order chi connectivity index (χ0) is 14.5. The van der Waals surface area contributed by atoms with Crippen molar-refractivity contribution in [3.05, 3.63) is 40.3 Å². The third-order valence-corrected chi connectivity index (χ3v) is 3.29. The maximum atomic E-state index is 5.26. The summed E-state index contributed by atoms with van der Waals surface area (Å²) < 4.78 is 6.05. The zero-order valence-corrected chi connectivity index (χ0v) is 13.5. The molecule has 0 saturated heterocycles. The van der Waals surface area contributed by atoms with E-state index in [1.165, 1.54) is 0 Å². The van der Waals surface area contributed by atoms with Crippen LogP contribution < -0.4 is 10.1 Å². The normalized spacial score (nSPS) is 10.4. The van der Waals surface area contributed by atoms with Crippen molar-refractivity contribution in [3.63, 3.8) is 0 Å². The molecule has 0 amide bonds. The number of hydrogen-bond acceptors (Lipinski definition) is 4. The highest BCUT2D eigenvalue weighted by molar-refractivity contribution is 9.10. The summed E-state index contributed by atoms with van der Waals surface area (Å²) in [5.41, 5.74) is 2.07. The smallest absolute Gasteiger partial charge is 0.135 e. The number of anilines is 2. The van der Waals surface area contributed by atoms with Gasteiger partial charge in [-0.15, -0.1) is 0 Å². The minimum atomic E-state index is 0.792. The molecule has 0 saturated carbocycles. The van der Waals surface area contributed by atoms with Crippen molar-refractivity contribution < 1.29 is 4.74 Å². The van der Waals surface area contributed by atoms with Crippen LogP contribution in [-0.4, -0.2) is 17.1 Å². The van der Waals surface area contributed by atoms with Crippen LogP contribution in [0.5, 0.6) is 5.75 Å². The molecule has 0 bridgehead atoms. The Morgan fingerprint density at radius 2 is 2.05 bits per heavy atom. The van der Waals surface area contributed by atoms with Gasteiger partial charge in [-0.05, 0) is 53.0 Å². The number of hydrogen-bond donors (Lipinski definition) is 1. The maximum absolute atomic E-state index is 5.26. The first-order valence-corrected chi connectivity index (χ1v) is 7.36. The molecule has 0 atom stereocenters. The van der Waals surface area contributed by atoms with E-state index in [0.29, 0.717) is 0 Å². The van der Waals surface area contributed by atoms with E-state index < -0.39 is 0 Å². The van der Waals surface area contributed by atoms with Crippen molar-refractivity contribution >= 4 is 27.4 Å². The van der Waals surface area contributed by atoms with Gasteiger partial charge in [-0.2, -0.15) is 0 Å². The van der Waals surface area contributed by atoms with Crippen molar-refractivity contribution in [2.45, 2.75) is 26.7 Å². The lowest BCUT2D eigenvalue weighted by Crippen LogP contribution is -2.01. The van der Waals surface area contributed by atoms with Gasteiger partial charge in [-0.25, -0.2) is 9.97 Å². The largest absolute Gasteiger partial charge is 0.496 e. The standard InChI is InChI=1S/C15H18BrN3O/c1-4-5-14-18-13(16)9-15(19-14)17-11-6-7-12(20-3)10(2)8-11/h6-9H,4-5H2,1-3H3,(H,17,18,19). The number of rotatable bonds is 5. The van der Waals surface area contributed by atoms with Crippen LogP contribution in [0.15, 0.2) is 28.9 Å². The second kappa shape index (κ2) is 6.70. The van der Waals surface area contributed by atoms with Gasteiger partial charge in [0.05, 0.1) is 7.11 Å². The third kappa shape index (κ3) is 3.70. The molecule has 20 heavy (non-hydrogen) atoms. The van der Waals surface area contributed by atoms with E-state index in [0.717, 1.165) is 46.1 Å². The summed E-state index contributed by atoms with van der Waals surface area (Å²) in [6, 6.07) is 7.83. The second-order valence-corrected chi connectivity index (χ2v) is 5.36. The Balaban J connectivity index is 2.23. The third-order valence-electron chi connectivity index (χ3n) is 2.88. The molecule has 106 valence electrons. The van der Waals surface area contributed by atoms with Crippen LogP contribution in [-0.2, 0) is 6.42 Å². The van der Waals surface area contributed by atoms with Gasteiger partial charge in [0.15, 0.2) is 0 Å². The number of benzene rings is 1. The van der Waals surface area contributed by atoms with Gasteiger partial charge in [-0.1, -0.05) is 6.92 Å². The van der Waals surface area contributed by atoms with Gasteiger partial charge in [0, 0.05) is 18.2 Å². The Kier molecular flexibility index (Phi) is 4.95. The summed E-state index contributed by atoms with van der Waals surface area (Å²) in [6.45, 7) is 4.13. The lowest BCUT2D eigenvalue weighted by Gasteiger charge is -2.10. The van der Waals surface area contributed by atoms with Crippen LogP contribution in [0.1, 0.15) is 24.7 Å². The van der Waals surface area contributed by atoms with Crippen LogP contribution >= 0.6 is 15.9 Å². The maximum Gasteiger partial charge on any atom is 0.135 e. The summed E-state index contributed by atoms with van der Waals surface area (Å²) in [5, 5.41) is 3.30. The summed E-state index contributed by atoms with van der Waals surface area (Å²) in [6.07, 6.45) is 1.90. The number of halogens is 1. The van der Waals surface area contributed by atoms with Gasteiger partial charge >= 0.3 is 0 Å². The van der Waals surface area contributed by atoms with E-state index >= 15 is 0 Å². The SMILES string of the molecule is CCCc1nc(Br)cc(Nc2ccc(OC)c(C)c2)n1. The molecule has 2 rings (SSSR count). The minimum Gasteiger partial charge on any atom is -0.496 e. The molecule has 0 aliphatic rings. The molecule has 1 heterocycles. The lowest BCUT2D eigenvalue weighted by atomic mass is 10.2. The van der Waals surface area contributed by atoms with Crippen LogP contribution in [0.2, 0.25) is 0 Å². The van der Waals surface area contributed by atoms with E-state index in [4.69, 9.17) is 4.74 Å². The Bertz CT molecular complexity index is 602. The van der Waals surface area contributed by atoms with E-state index in [-0.39, 0.29) is 0 Å². The van der Waals surface area contributed by atoms with Gasteiger partial charge in [0.2, 0.25) is 0 Å². The highest BCUT2D eigenvalue weighted by Crippen LogP contribution is 2.24. The highest BCUT2D eigenvalue weighted by Gasteiger charge is 2.05. The summed E-state index contributed by atoms with van der Waals surface area (Å²) in [7, 11) is 1.67. The van der Waals surface area contributed by atoms with E-state index in [9.17, 15) is 0 Å². The van der Waals surface area contributed by atoms with Crippen molar-refractivity contribution in [1.82, 2.24) is 9.97 Å². The molecule has 0 radical (unpaired) electrons. The predicted molar refractivity (Wildman–Crippen MR) is 84.7 cm³/mol. The molecular weight excluding hydrogens is 318 g/mol. The monoisotopic (exact) mass is 335 g/mol. The Hall–Kier alpha value is -1.62. The average Bonchev–Trinajstić information content (AvgIpc) is 2.38. The number of aryl methyl sites for hydroxylation is 2. The lowest BCUT2D eigenvalue weighted by molar-refractivity contribution is 0.412. The molecule has 0 aliphatic heterocycles. The van der Waals surface area contributed by atoms with Crippen LogP contribution in [0.25, 0.3) is 0 Å². The fourth-order valence-corrected chi connectivity index (χ4v) is 2.39. The summed E-state index contributed by atoms with van der Waals surface area (Å²) >= 11 is 3.42. The highest BCUT2D eigenvalue weighted by atomic mass is 79.9. The fraction of sp³-hybridized carbons (Fsp3) is 0.333. The number of nitrogens with zero attached hydrogens (tertiary/aromatic N) is 2. The van der Waals surface area contributed by atoms with Gasteiger partial charge in [0.1, 0.15) is 22.0 Å². The van der Waals surface area contributed by atoms with Crippen molar-refractivity contribution in [1.29, 1.82) is 0 Å². The fourth-order valence-electron chi connectivity index (χ4n) is 1.97. The van der Waals surface area contributed by atoms with Crippen molar-refractivity contribution in [2.75, 3.05) is 12.4 Å². The second-order valence-electron chi connectivity index (χ2n) is 4.55. The Morgan fingerprint density at radius 1 is 1.25 bits per heavy atom. The molecule has 0 fully saturated rings. The molecule has 2 aromatic rings. The number of nitrogens with one attached hydrogen (secondary N) is 1. The molecule has 1 aromatic heterocycles. The molecule has 0 unspecified atom stereocenters. The summed E-state index contributed by atoms with van der Waals surface area (Å²) in [5.74, 6) is 2.51. The quantitative estimate of drug-likeness (QED) is 0.829. The first-order chi connectivity index (χ1) is 9.62. The first kappa shape index (κ1) is 14.8. The average molecular weight is 336 g/mol. The number of ether oxygens (including phenoxy) is 1. The van der Waals surface area contributed by atoms with Gasteiger partial charge < -0.3 is 10.1 Å². The van der Waals surface area contributed by atoms with Crippen molar-refractivity contribution in [2.24, 2.45) is 0 Å². The molecular formula is C15H18BrN3O. The Morgan fingerprint density at radius 3 is 2.70 bits per heavy atom.